The Balaban J connectivity index is 1.72. The van der Waals surface area contributed by atoms with Gasteiger partial charge in [0.05, 0.1) is 0 Å². The van der Waals surface area contributed by atoms with Crippen LogP contribution in [0, 0.1) is 6.92 Å². The molecule has 1 aromatic heterocycles. The average Bonchev–Trinajstić information content (AvgIpc) is 2.71. The highest BCUT2D eigenvalue weighted by Crippen LogP contribution is 2.23. The van der Waals surface area contributed by atoms with E-state index >= 15 is 0 Å². The van der Waals surface area contributed by atoms with E-state index in [1.165, 1.54) is 5.69 Å². The molecule has 6 heteroatoms. The predicted octanol–water partition coefficient (Wildman–Crippen LogP) is 3.24. The van der Waals surface area contributed by atoms with Crippen LogP contribution in [0.15, 0.2) is 36.5 Å². The monoisotopic (exact) mass is 381 g/mol. The first-order valence-corrected chi connectivity index (χ1v) is 10.1. The van der Waals surface area contributed by atoms with E-state index in [4.69, 9.17) is 0 Å². The Kier molecular flexibility index (Phi) is 6.52. The second-order valence-electron chi connectivity index (χ2n) is 7.32. The van der Waals surface area contributed by atoms with E-state index < -0.39 is 0 Å². The number of carbonyl (C=O) groups excluding carboxylic acids is 1. The van der Waals surface area contributed by atoms with Crippen LogP contribution in [0.4, 0.5) is 17.2 Å². The van der Waals surface area contributed by atoms with Gasteiger partial charge in [0.15, 0.2) is 0 Å². The fourth-order valence-electron chi connectivity index (χ4n) is 3.54. The number of piperazine rings is 1. The van der Waals surface area contributed by atoms with Crippen molar-refractivity contribution in [3.8, 4) is 0 Å². The highest BCUT2D eigenvalue weighted by molar-refractivity contribution is 6.05. The van der Waals surface area contributed by atoms with Crippen molar-refractivity contribution in [2.45, 2.75) is 20.8 Å². The van der Waals surface area contributed by atoms with Crippen LogP contribution < -0.4 is 15.1 Å². The third kappa shape index (κ3) is 4.62. The molecular formula is C22H31N5O. The van der Waals surface area contributed by atoms with Crippen molar-refractivity contribution >= 4 is 23.1 Å². The largest absolute Gasteiger partial charge is 0.372 e. The molecule has 1 amide bonds. The summed E-state index contributed by atoms with van der Waals surface area (Å²) in [6.07, 6.45) is 1.72. The lowest BCUT2D eigenvalue weighted by atomic mass is 10.1. The summed E-state index contributed by atoms with van der Waals surface area (Å²) in [6, 6.07) is 9.85. The fraction of sp³-hybridized carbons (Fsp3) is 0.455. The van der Waals surface area contributed by atoms with E-state index in [1.54, 1.807) is 12.3 Å². The number of nitrogens with zero attached hydrogens (tertiary/aromatic N) is 4. The van der Waals surface area contributed by atoms with E-state index in [9.17, 15) is 4.79 Å². The molecule has 150 valence electrons. The van der Waals surface area contributed by atoms with Crippen molar-refractivity contribution in [2.75, 3.05) is 61.4 Å². The van der Waals surface area contributed by atoms with Crippen molar-refractivity contribution in [1.29, 1.82) is 0 Å². The average molecular weight is 382 g/mol. The minimum atomic E-state index is -0.100. The van der Waals surface area contributed by atoms with Crippen LogP contribution in [0.25, 0.3) is 0 Å². The molecule has 0 spiro atoms. The summed E-state index contributed by atoms with van der Waals surface area (Å²) in [6.45, 7) is 12.1. The molecule has 0 bridgehead atoms. The molecule has 1 saturated heterocycles. The summed E-state index contributed by atoms with van der Waals surface area (Å²) in [5.41, 5.74) is 3.72. The summed E-state index contributed by atoms with van der Waals surface area (Å²) in [5, 5.41) is 3.05. The molecule has 1 aromatic carbocycles. The van der Waals surface area contributed by atoms with Crippen LogP contribution in [-0.2, 0) is 0 Å². The number of likely N-dealkylation sites (N-methyl/N-ethyl adjacent to an activating group) is 1. The molecule has 0 radical (unpaired) electrons. The van der Waals surface area contributed by atoms with Gasteiger partial charge in [0.25, 0.3) is 5.91 Å². The van der Waals surface area contributed by atoms with Crippen LogP contribution in [-0.4, -0.2) is 62.1 Å². The van der Waals surface area contributed by atoms with Gasteiger partial charge in [-0.2, -0.15) is 0 Å². The van der Waals surface area contributed by atoms with Gasteiger partial charge in [0, 0.05) is 62.4 Å². The zero-order valence-electron chi connectivity index (χ0n) is 17.4. The first-order chi connectivity index (χ1) is 13.5. The Hall–Kier alpha value is -2.60. The van der Waals surface area contributed by atoms with E-state index in [0.29, 0.717) is 5.56 Å². The second-order valence-corrected chi connectivity index (χ2v) is 7.32. The molecule has 0 unspecified atom stereocenters. The maximum atomic E-state index is 12.8. The Labute approximate surface area is 168 Å². The maximum Gasteiger partial charge on any atom is 0.255 e. The molecule has 0 aliphatic carbocycles. The standard InChI is InChI=1S/C22H31N5O/c1-5-26(6-2)19-7-8-20(17(3)15-19)24-22(28)18-9-10-23-21(16-18)27-13-11-25(4)12-14-27/h7-10,15-16H,5-6,11-14H2,1-4H3,(H,24,28). The number of nitrogens with one attached hydrogen (secondary N) is 1. The summed E-state index contributed by atoms with van der Waals surface area (Å²) >= 11 is 0. The number of pyridine rings is 1. The van der Waals surface area contributed by atoms with Crippen molar-refractivity contribution in [3.63, 3.8) is 0 Å². The van der Waals surface area contributed by atoms with E-state index in [-0.39, 0.29) is 5.91 Å². The maximum absolute atomic E-state index is 12.8. The first-order valence-electron chi connectivity index (χ1n) is 10.1. The second kappa shape index (κ2) is 9.06. The number of hydrogen-bond donors (Lipinski definition) is 1. The van der Waals surface area contributed by atoms with E-state index in [2.05, 4.69) is 58.0 Å². The number of carbonyl (C=O) groups is 1. The Morgan fingerprint density at radius 2 is 1.82 bits per heavy atom. The smallest absolute Gasteiger partial charge is 0.255 e. The predicted molar refractivity (Wildman–Crippen MR) is 117 cm³/mol. The molecule has 1 fully saturated rings. The molecule has 6 nitrogen and oxygen atoms in total. The zero-order valence-corrected chi connectivity index (χ0v) is 17.4. The lowest BCUT2D eigenvalue weighted by Gasteiger charge is -2.33. The molecule has 28 heavy (non-hydrogen) atoms. The normalized spacial score (nSPS) is 14.8. The van der Waals surface area contributed by atoms with Gasteiger partial charge in [-0.05, 0) is 63.7 Å². The van der Waals surface area contributed by atoms with Gasteiger partial charge in [-0.25, -0.2) is 4.98 Å². The molecule has 2 heterocycles. The van der Waals surface area contributed by atoms with Gasteiger partial charge in [-0.3, -0.25) is 4.79 Å². The quantitative estimate of drug-likeness (QED) is 0.832. The lowest BCUT2D eigenvalue weighted by molar-refractivity contribution is 0.102. The minimum absolute atomic E-state index is 0.100. The summed E-state index contributed by atoms with van der Waals surface area (Å²) < 4.78 is 0. The first kappa shape index (κ1) is 20.1. The van der Waals surface area contributed by atoms with Crippen LogP contribution >= 0.6 is 0 Å². The van der Waals surface area contributed by atoms with Gasteiger partial charge in [-0.15, -0.1) is 0 Å². The van der Waals surface area contributed by atoms with E-state index in [1.807, 2.05) is 19.1 Å². The summed E-state index contributed by atoms with van der Waals surface area (Å²) in [7, 11) is 2.13. The zero-order chi connectivity index (χ0) is 20.1. The minimum Gasteiger partial charge on any atom is -0.372 e. The Morgan fingerprint density at radius 3 is 2.46 bits per heavy atom. The van der Waals surface area contributed by atoms with Gasteiger partial charge >= 0.3 is 0 Å². The van der Waals surface area contributed by atoms with Crippen molar-refractivity contribution < 1.29 is 4.79 Å². The summed E-state index contributed by atoms with van der Waals surface area (Å²) in [4.78, 5) is 24.1. The Morgan fingerprint density at radius 1 is 1.11 bits per heavy atom. The number of benzene rings is 1. The highest BCUT2D eigenvalue weighted by atomic mass is 16.1. The van der Waals surface area contributed by atoms with E-state index in [0.717, 1.165) is 56.3 Å². The molecule has 1 aliphatic rings. The Bertz CT molecular complexity index is 810. The number of rotatable bonds is 6. The number of aryl methyl sites for hydroxylation is 1. The highest BCUT2D eigenvalue weighted by Gasteiger charge is 2.17. The van der Waals surface area contributed by atoms with Gasteiger partial charge in [-0.1, -0.05) is 0 Å². The molecule has 1 N–H and O–H groups in total. The van der Waals surface area contributed by atoms with Crippen molar-refractivity contribution in [1.82, 2.24) is 9.88 Å². The number of hydrogen-bond acceptors (Lipinski definition) is 5. The molecular weight excluding hydrogens is 350 g/mol. The topological polar surface area (TPSA) is 51.7 Å². The van der Waals surface area contributed by atoms with Crippen molar-refractivity contribution in [2.24, 2.45) is 0 Å². The van der Waals surface area contributed by atoms with Crippen LogP contribution in [0.1, 0.15) is 29.8 Å². The molecule has 1 aliphatic heterocycles. The fourth-order valence-corrected chi connectivity index (χ4v) is 3.54. The lowest BCUT2D eigenvalue weighted by Crippen LogP contribution is -2.44. The van der Waals surface area contributed by atoms with Crippen LogP contribution in [0.2, 0.25) is 0 Å². The third-order valence-electron chi connectivity index (χ3n) is 5.42. The SMILES string of the molecule is CCN(CC)c1ccc(NC(=O)c2ccnc(N3CCN(C)CC3)c2)c(C)c1. The van der Waals surface area contributed by atoms with Gasteiger partial charge in [0.1, 0.15) is 5.82 Å². The number of anilines is 3. The van der Waals surface area contributed by atoms with Gasteiger partial charge < -0.3 is 20.0 Å². The molecule has 0 atom stereocenters. The van der Waals surface area contributed by atoms with Crippen molar-refractivity contribution in [3.05, 3.63) is 47.7 Å². The summed E-state index contributed by atoms with van der Waals surface area (Å²) in [5.74, 6) is 0.769. The molecule has 0 saturated carbocycles. The number of aromatic nitrogens is 1. The third-order valence-corrected chi connectivity index (χ3v) is 5.42. The number of amides is 1. The van der Waals surface area contributed by atoms with Crippen LogP contribution in [0.5, 0.6) is 0 Å². The molecule has 2 aromatic rings. The van der Waals surface area contributed by atoms with Gasteiger partial charge in [0.2, 0.25) is 0 Å². The molecule has 3 rings (SSSR count). The van der Waals surface area contributed by atoms with Crippen LogP contribution in [0.3, 0.4) is 0 Å².